The third kappa shape index (κ3) is 10.2. The summed E-state index contributed by atoms with van der Waals surface area (Å²) >= 11 is 0. The van der Waals surface area contributed by atoms with Crippen LogP contribution in [0.4, 0.5) is 0 Å². The first kappa shape index (κ1) is 31.5. The lowest BCUT2D eigenvalue weighted by molar-refractivity contribution is -0.180. The molecule has 0 aromatic heterocycles. The highest BCUT2D eigenvalue weighted by Gasteiger charge is 2.27. The third-order valence-electron chi connectivity index (χ3n) is 6.81. The van der Waals surface area contributed by atoms with Crippen LogP contribution in [0, 0.1) is 0 Å². The van der Waals surface area contributed by atoms with Gasteiger partial charge in [0.1, 0.15) is 5.75 Å². The lowest BCUT2D eigenvalue weighted by Crippen LogP contribution is -2.35. The Morgan fingerprint density at radius 2 is 1.77 bits per heavy atom. The fourth-order valence-electron chi connectivity index (χ4n) is 4.44. The quantitative estimate of drug-likeness (QED) is 0.267. The number of hydrogen-bond donors (Lipinski definition) is 2. The van der Waals surface area contributed by atoms with E-state index in [1.807, 2.05) is 38.1 Å². The molecule has 2 aromatic carbocycles. The summed E-state index contributed by atoms with van der Waals surface area (Å²) < 4.78 is 43.1. The van der Waals surface area contributed by atoms with Crippen molar-refractivity contribution in [2.24, 2.45) is 0 Å². The number of sulfonamides is 1. The standard InChI is InChI=1S/C30H46N2O6S/c1-30(2)37-23-26-21-25(15-16-29(26)38-30)28(33)22-31-17-8-5-6-9-18-36-19-10-7-12-24-13-11-14-27(20-24)39(34,35)32(3)4/h11,13-16,20-21,28,31,33H,5-10,12,17-19,22-23H2,1-4H3/t28-/m0/s1. The maximum Gasteiger partial charge on any atom is 0.242 e. The van der Waals surface area contributed by atoms with E-state index in [0.717, 1.165) is 87.1 Å². The van der Waals surface area contributed by atoms with Crippen LogP contribution in [0.15, 0.2) is 47.4 Å². The monoisotopic (exact) mass is 562 g/mol. The molecule has 0 unspecified atom stereocenters. The van der Waals surface area contributed by atoms with E-state index >= 15 is 0 Å². The smallest absolute Gasteiger partial charge is 0.242 e. The van der Waals surface area contributed by atoms with Gasteiger partial charge < -0.3 is 24.6 Å². The van der Waals surface area contributed by atoms with E-state index in [2.05, 4.69) is 5.32 Å². The first-order valence-electron chi connectivity index (χ1n) is 14.0. The predicted octanol–water partition coefficient (Wildman–Crippen LogP) is 4.80. The fraction of sp³-hybridized carbons (Fsp3) is 0.600. The summed E-state index contributed by atoms with van der Waals surface area (Å²) in [7, 11) is -0.293. The molecule has 8 nitrogen and oxygen atoms in total. The van der Waals surface area contributed by atoms with Crippen LogP contribution in [0.1, 0.15) is 75.2 Å². The van der Waals surface area contributed by atoms with Crippen molar-refractivity contribution in [2.45, 2.75) is 82.2 Å². The van der Waals surface area contributed by atoms with E-state index in [9.17, 15) is 13.5 Å². The van der Waals surface area contributed by atoms with Crippen molar-refractivity contribution in [1.82, 2.24) is 9.62 Å². The zero-order valence-corrected chi connectivity index (χ0v) is 24.8. The van der Waals surface area contributed by atoms with E-state index < -0.39 is 21.9 Å². The predicted molar refractivity (Wildman–Crippen MR) is 153 cm³/mol. The molecule has 0 bridgehead atoms. The SMILES string of the molecule is CN(C)S(=O)(=O)c1cccc(CCCCOCCCCCCNC[C@H](O)c2ccc3c(c2)COC(C)(C)O3)c1. The van der Waals surface area contributed by atoms with Gasteiger partial charge >= 0.3 is 0 Å². The molecular formula is C30H46N2O6S. The van der Waals surface area contributed by atoms with E-state index in [4.69, 9.17) is 14.2 Å². The molecule has 0 spiro atoms. The summed E-state index contributed by atoms with van der Waals surface area (Å²) in [6, 6.07) is 13.0. The van der Waals surface area contributed by atoms with Gasteiger partial charge in [-0.1, -0.05) is 31.0 Å². The molecule has 218 valence electrons. The first-order valence-corrected chi connectivity index (χ1v) is 15.5. The van der Waals surface area contributed by atoms with Gasteiger partial charge in [-0.15, -0.1) is 0 Å². The summed E-state index contributed by atoms with van der Waals surface area (Å²) in [5.41, 5.74) is 2.88. The highest BCUT2D eigenvalue weighted by Crippen LogP contribution is 2.32. The molecule has 0 saturated carbocycles. The number of nitrogens with one attached hydrogen (secondary N) is 1. The van der Waals surface area contributed by atoms with Crippen molar-refractivity contribution >= 4 is 10.0 Å². The van der Waals surface area contributed by atoms with Crippen LogP contribution in [-0.2, 0) is 32.5 Å². The van der Waals surface area contributed by atoms with Crippen molar-refractivity contribution in [3.05, 3.63) is 59.2 Å². The lowest BCUT2D eigenvalue weighted by atomic mass is 10.0. The second-order valence-corrected chi connectivity index (χ2v) is 12.9. The van der Waals surface area contributed by atoms with Crippen LogP contribution in [0.25, 0.3) is 0 Å². The average molecular weight is 563 g/mol. The Bertz CT molecular complexity index is 1140. The van der Waals surface area contributed by atoms with Gasteiger partial charge in [-0.05, 0) is 74.0 Å². The number of unbranched alkanes of at least 4 members (excludes halogenated alkanes) is 4. The van der Waals surface area contributed by atoms with E-state index in [-0.39, 0.29) is 0 Å². The molecule has 39 heavy (non-hydrogen) atoms. The van der Waals surface area contributed by atoms with Crippen LogP contribution < -0.4 is 10.1 Å². The number of fused-ring (bicyclic) bond motifs is 1. The molecule has 1 heterocycles. The number of aliphatic hydroxyl groups is 1. The van der Waals surface area contributed by atoms with Gasteiger partial charge in [-0.25, -0.2) is 12.7 Å². The normalized spacial score (nSPS) is 15.6. The minimum Gasteiger partial charge on any atom is -0.463 e. The van der Waals surface area contributed by atoms with Gasteiger partial charge in [-0.2, -0.15) is 0 Å². The van der Waals surface area contributed by atoms with Gasteiger partial charge in [-0.3, -0.25) is 0 Å². The molecule has 2 aromatic rings. The number of hydrogen-bond acceptors (Lipinski definition) is 7. The maximum absolute atomic E-state index is 12.3. The Hall–Kier alpha value is -2.01. The minimum absolute atomic E-state index is 0.345. The van der Waals surface area contributed by atoms with Crippen molar-refractivity contribution in [2.75, 3.05) is 40.4 Å². The number of benzene rings is 2. The Morgan fingerprint density at radius 1 is 1.03 bits per heavy atom. The molecule has 0 saturated heterocycles. The minimum atomic E-state index is -3.39. The molecule has 1 atom stereocenters. The van der Waals surface area contributed by atoms with E-state index in [1.165, 1.54) is 4.31 Å². The second kappa shape index (κ2) is 15.1. The van der Waals surface area contributed by atoms with Gasteiger partial charge in [0, 0.05) is 53.3 Å². The highest BCUT2D eigenvalue weighted by molar-refractivity contribution is 7.89. The van der Waals surface area contributed by atoms with Crippen molar-refractivity contribution in [1.29, 1.82) is 0 Å². The maximum atomic E-state index is 12.3. The Kier molecular flexibility index (Phi) is 12.2. The Labute approximate surface area is 234 Å². The topological polar surface area (TPSA) is 97.3 Å². The molecular weight excluding hydrogens is 516 g/mol. The van der Waals surface area contributed by atoms with E-state index in [1.54, 1.807) is 32.3 Å². The largest absolute Gasteiger partial charge is 0.463 e. The van der Waals surface area contributed by atoms with Crippen molar-refractivity contribution < 1.29 is 27.7 Å². The lowest BCUT2D eigenvalue weighted by Gasteiger charge is -2.33. The van der Waals surface area contributed by atoms with E-state index in [0.29, 0.717) is 18.0 Å². The number of ether oxygens (including phenoxy) is 3. The molecule has 0 radical (unpaired) electrons. The van der Waals surface area contributed by atoms with Crippen LogP contribution in [0.2, 0.25) is 0 Å². The number of aryl methyl sites for hydroxylation is 1. The molecule has 1 aliphatic rings. The summed E-state index contributed by atoms with van der Waals surface area (Å²) in [5.74, 6) is 0.205. The molecule has 3 rings (SSSR count). The molecule has 2 N–H and O–H groups in total. The zero-order valence-electron chi connectivity index (χ0n) is 23.9. The Morgan fingerprint density at radius 3 is 2.54 bits per heavy atom. The van der Waals surface area contributed by atoms with Gasteiger partial charge in [0.25, 0.3) is 0 Å². The number of rotatable bonds is 17. The third-order valence-corrected chi connectivity index (χ3v) is 8.62. The summed E-state index contributed by atoms with van der Waals surface area (Å²) in [6.07, 6.45) is 6.57. The summed E-state index contributed by atoms with van der Waals surface area (Å²) in [5, 5.41) is 13.9. The van der Waals surface area contributed by atoms with Gasteiger partial charge in [0.05, 0.1) is 17.6 Å². The zero-order chi connectivity index (χ0) is 28.3. The first-order chi connectivity index (χ1) is 18.6. The molecule has 1 aliphatic heterocycles. The van der Waals surface area contributed by atoms with Crippen LogP contribution >= 0.6 is 0 Å². The Balaban J connectivity index is 1.17. The van der Waals surface area contributed by atoms with Gasteiger partial charge in [0.15, 0.2) is 0 Å². The van der Waals surface area contributed by atoms with Gasteiger partial charge in [0.2, 0.25) is 15.8 Å². The summed E-state index contributed by atoms with van der Waals surface area (Å²) in [4.78, 5) is 0.345. The fourth-order valence-corrected chi connectivity index (χ4v) is 5.41. The average Bonchev–Trinajstić information content (AvgIpc) is 2.90. The van der Waals surface area contributed by atoms with Crippen LogP contribution in [0.3, 0.4) is 0 Å². The summed E-state index contributed by atoms with van der Waals surface area (Å²) in [6.45, 7) is 7.17. The molecule has 0 fully saturated rings. The molecule has 0 amide bonds. The highest BCUT2D eigenvalue weighted by atomic mass is 32.2. The van der Waals surface area contributed by atoms with Crippen LogP contribution in [0.5, 0.6) is 5.75 Å². The molecule has 9 heteroatoms. The number of nitrogens with zero attached hydrogens (tertiary/aromatic N) is 1. The second-order valence-electron chi connectivity index (χ2n) is 10.8. The van der Waals surface area contributed by atoms with Crippen LogP contribution in [-0.4, -0.2) is 64.0 Å². The number of aliphatic hydroxyl groups excluding tert-OH is 1. The van der Waals surface area contributed by atoms with Crippen molar-refractivity contribution in [3.63, 3.8) is 0 Å². The molecule has 0 aliphatic carbocycles. The van der Waals surface area contributed by atoms with Crippen molar-refractivity contribution in [3.8, 4) is 5.75 Å².